The highest BCUT2D eigenvalue weighted by molar-refractivity contribution is 6.06. The summed E-state index contributed by atoms with van der Waals surface area (Å²) < 4.78 is 5.76. The van der Waals surface area contributed by atoms with Gasteiger partial charge in [-0.25, -0.2) is 9.59 Å². The van der Waals surface area contributed by atoms with Crippen molar-refractivity contribution in [1.29, 1.82) is 0 Å². The number of benzene rings is 3. The molecule has 0 heterocycles. The number of hydrogen-bond donors (Lipinski definition) is 2. The minimum absolute atomic E-state index is 0.171. The predicted molar refractivity (Wildman–Crippen MR) is 100 cm³/mol. The van der Waals surface area contributed by atoms with E-state index < -0.39 is 23.1 Å². The first-order valence-electron chi connectivity index (χ1n) is 7.95. The average Bonchev–Trinajstić information content (AvgIpc) is 2.68. The number of aromatic carboxylic acids is 2. The van der Waals surface area contributed by atoms with Gasteiger partial charge in [0.05, 0.1) is 11.1 Å². The molecule has 5 heteroatoms. The number of carbonyl (C=O) groups is 2. The molecule has 132 valence electrons. The summed E-state index contributed by atoms with van der Waals surface area (Å²) >= 11 is 0. The maximum absolute atomic E-state index is 11.8. The van der Waals surface area contributed by atoms with Crippen LogP contribution < -0.4 is 4.74 Å². The molecule has 0 fully saturated rings. The summed E-state index contributed by atoms with van der Waals surface area (Å²) in [7, 11) is 0. The van der Waals surface area contributed by atoms with E-state index in [-0.39, 0.29) is 11.3 Å². The van der Waals surface area contributed by atoms with E-state index in [4.69, 9.17) is 11.2 Å². The van der Waals surface area contributed by atoms with Gasteiger partial charge in [-0.2, -0.15) is 0 Å². The number of rotatable bonds is 5. The van der Waals surface area contributed by atoms with Crippen molar-refractivity contribution in [2.45, 2.75) is 0 Å². The van der Waals surface area contributed by atoms with Crippen molar-refractivity contribution in [2.75, 3.05) is 0 Å². The Kier molecular flexibility index (Phi) is 4.91. The first-order chi connectivity index (χ1) is 13.0. The third-order valence-corrected chi connectivity index (χ3v) is 3.92. The molecule has 0 unspecified atom stereocenters. The molecule has 3 aromatic carbocycles. The first kappa shape index (κ1) is 17.8. The van der Waals surface area contributed by atoms with Crippen molar-refractivity contribution in [2.24, 2.45) is 0 Å². The van der Waals surface area contributed by atoms with Gasteiger partial charge in [-0.3, -0.25) is 0 Å². The molecule has 3 aromatic rings. The lowest BCUT2D eigenvalue weighted by Gasteiger charge is -2.17. The zero-order valence-electron chi connectivity index (χ0n) is 14.0. The fourth-order valence-electron chi connectivity index (χ4n) is 2.74. The summed E-state index contributed by atoms with van der Waals surface area (Å²) in [5.74, 6) is -0.182. The molecule has 0 saturated carbocycles. The first-order valence-corrected chi connectivity index (χ1v) is 7.95. The molecule has 0 bridgehead atoms. The SMILES string of the molecule is C#Cc1c(-c2ccccc2)cc(C(=O)O)c(C(=O)O)c1Oc1ccccc1. The van der Waals surface area contributed by atoms with Gasteiger partial charge in [0.1, 0.15) is 11.3 Å². The number of hydrogen-bond acceptors (Lipinski definition) is 3. The Morgan fingerprint density at radius 1 is 0.889 bits per heavy atom. The molecule has 0 radical (unpaired) electrons. The molecule has 2 N–H and O–H groups in total. The van der Waals surface area contributed by atoms with Gasteiger partial charge in [0.15, 0.2) is 5.75 Å². The van der Waals surface area contributed by atoms with E-state index in [2.05, 4.69) is 5.92 Å². The molecule has 0 aliphatic carbocycles. The van der Waals surface area contributed by atoms with Crippen LogP contribution in [0.5, 0.6) is 11.5 Å². The van der Waals surface area contributed by atoms with Crippen LogP contribution in [0.2, 0.25) is 0 Å². The summed E-state index contributed by atoms with van der Waals surface area (Å²) in [5, 5.41) is 19.2. The van der Waals surface area contributed by atoms with Crippen LogP contribution in [0, 0.1) is 12.3 Å². The zero-order chi connectivity index (χ0) is 19.4. The number of ether oxygens (including phenoxy) is 1. The molecule has 0 spiro atoms. The van der Waals surface area contributed by atoms with Gasteiger partial charge < -0.3 is 14.9 Å². The van der Waals surface area contributed by atoms with Gasteiger partial charge in [-0.05, 0) is 23.8 Å². The van der Waals surface area contributed by atoms with Crippen molar-refractivity contribution in [1.82, 2.24) is 0 Å². The van der Waals surface area contributed by atoms with Crippen LogP contribution >= 0.6 is 0 Å². The molecule has 5 nitrogen and oxygen atoms in total. The monoisotopic (exact) mass is 358 g/mol. The molecular weight excluding hydrogens is 344 g/mol. The van der Waals surface area contributed by atoms with Gasteiger partial charge in [0, 0.05) is 5.56 Å². The van der Waals surface area contributed by atoms with Gasteiger partial charge >= 0.3 is 11.9 Å². The fraction of sp³-hybridized carbons (Fsp3) is 0. The van der Waals surface area contributed by atoms with Crippen molar-refractivity contribution < 1.29 is 24.5 Å². The van der Waals surface area contributed by atoms with Crippen molar-refractivity contribution in [3.63, 3.8) is 0 Å². The normalized spacial score (nSPS) is 10.0. The molecule has 0 atom stereocenters. The van der Waals surface area contributed by atoms with Crippen molar-refractivity contribution in [3.8, 4) is 35.0 Å². The van der Waals surface area contributed by atoms with Crippen LogP contribution in [0.25, 0.3) is 11.1 Å². The molecule has 0 aromatic heterocycles. The van der Waals surface area contributed by atoms with Crippen LogP contribution in [-0.4, -0.2) is 22.2 Å². The topological polar surface area (TPSA) is 83.8 Å². The molecular formula is C22H14O5. The van der Waals surface area contributed by atoms with Gasteiger partial charge in [0.2, 0.25) is 0 Å². The quantitative estimate of drug-likeness (QED) is 0.655. The highest BCUT2D eigenvalue weighted by Crippen LogP contribution is 2.38. The van der Waals surface area contributed by atoms with Gasteiger partial charge in [0.25, 0.3) is 0 Å². The second-order valence-electron chi connectivity index (χ2n) is 5.59. The summed E-state index contributed by atoms with van der Waals surface area (Å²) in [6.45, 7) is 0. The maximum Gasteiger partial charge on any atom is 0.340 e. The van der Waals surface area contributed by atoms with Crippen LogP contribution in [-0.2, 0) is 0 Å². The zero-order valence-corrected chi connectivity index (χ0v) is 14.0. The molecule has 27 heavy (non-hydrogen) atoms. The van der Waals surface area contributed by atoms with E-state index >= 15 is 0 Å². The van der Waals surface area contributed by atoms with E-state index in [1.165, 1.54) is 6.07 Å². The summed E-state index contributed by atoms with van der Waals surface area (Å²) in [6.07, 6.45) is 5.67. The second-order valence-corrected chi connectivity index (χ2v) is 5.59. The third-order valence-electron chi connectivity index (χ3n) is 3.92. The summed E-state index contributed by atoms with van der Waals surface area (Å²) in [4.78, 5) is 23.6. The molecule has 0 aliphatic rings. The molecule has 0 amide bonds. The van der Waals surface area contributed by atoms with Crippen LogP contribution in [0.1, 0.15) is 26.3 Å². The lowest BCUT2D eigenvalue weighted by Crippen LogP contribution is -2.12. The maximum atomic E-state index is 11.8. The van der Waals surface area contributed by atoms with E-state index in [1.54, 1.807) is 54.6 Å². The minimum atomic E-state index is -1.44. The molecule has 0 aliphatic heterocycles. The fourth-order valence-corrected chi connectivity index (χ4v) is 2.74. The second kappa shape index (κ2) is 7.46. The van der Waals surface area contributed by atoms with Gasteiger partial charge in [-0.15, -0.1) is 6.42 Å². The minimum Gasteiger partial charge on any atom is -0.478 e. The standard InChI is InChI=1S/C22H14O5/c1-2-16-17(14-9-5-3-6-10-14)13-18(21(23)24)19(22(25)26)20(16)27-15-11-7-4-8-12-15/h1,3-13H,(H,23,24)(H,25,26). The summed E-state index contributed by atoms with van der Waals surface area (Å²) in [5.41, 5.74) is 0.354. The Morgan fingerprint density at radius 3 is 2.00 bits per heavy atom. The van der Waals surface area contributed by atoms with Crippen LogP contribution in [0.4, 0.5) is 0 Å². The highest BCUT2D eigenvalue weighted by atomic mass is 16.5. The highest BCUT2D eigenvalue weighted by Gasteiger charge is 2.27. The Morgan fingerprint density at radius 2 is 1.48 bits per heavy atom. The Hall–Kier alpha value is -4.04. The van der Waals surface area contributed by atoms with E-state index in [0.29, 0.717) is 16.9 Å². The smallest absolute Gasteiger partial charge is 0.340 e. The third kappa shape index (κ3) is 3.51. The van der Waals surface area contributed by atoms with E-state index in [9.17, 15) is 19.8 Å². The molecule has 0 saturated heterocycles. The van der Waals surface area contributed by atoms with Crippen molar-refractivity contribution >= 4 is 11.9 Å². The largest absolute Gasteiger partial charge is 0.478 e. The number of para-hydroxylation sites is 1. The number of carboxylic acids is 2. The van der Waals surface area contributed by atoms with Crippen LogP contribution in [0.15, 0.2) is 66.7 Å². The van der Waals surface area contributed by atoms with E-state index in [0.717, 1.165) is 0 Å². The average molecular weight is 358 g/mol. The lowest BCUT2D eigenvalue weighted by molar-refractivity contribution is 0.0649. The number of carboxylic acid groups (broad SMARTS) is 2. The number of terminal acetylenes is 1. The lowest BCUT2D eigenvalue weighted by atomic mass is 9.92. The Balaban J connectivity index is 2.36. The van der Waals surface area contributed by atoms with Crippen LogP contribution in [0.3, 0.4) is 0 Å². The Bertz CT molecular complexity index is 1050. The Labute approximate surface area is 155 Å². The molecule has 3 rings (SSSR count). The van der Waals surface area contributed by atoms with Crippen molar-refractivity contribution in [3.05, 3.63) is 83.4 Å². The predicted octanol–water partition coefficient (Wildman–Crippen LogP) is 4.52. The summed E-state index contributed by atoms with van der Waals surface area (Å²) in [6, 6.07) is 18.6. The van der Waals surface area contributed by atoms with E-state index in [1.807, 2.05) is 6.07 Å². The van der Waals surface area contributed by atoms with Gasteiger partial charge in [-0.1, -0.05) is 54.5 Å².